The second-order valence-electron chi connectivity index (χ2n) is 3.55. The van der Waals surface area contributed by atoms with E-state index < -0.39 is 0 Å². The van der Waals surface area contributed by atoms with E-state index in [1.54, 1.807) is 0 Å². The molecule has 0 amide bonds. The number of aromatic nitrogens is 2. The van der Waals surface area contributed by atoms with Crippen LogP contribution in [-0.2, 0) is 0 Å². The van der Waals surface area contributed by atoms with Crippen molar-refractivity contribution in [3.8, 4) is 0 Å². The average molecular weight is 246 g/mol. The van der Waals surface area contributed by atoms with Gasteiger partial charge in [0, 0.05) is 18.8 Å². The fourth-order valence-corrected chi connectivity index (χ4v) is 1.36. The van der Waals surface area contributed by atoms with Crippen molar-refractivity contribution in [3.63, 3.8) is 0 Å². The van der Waals surface area contributed by atoms with Crippen molar-refractivity contribution in [2.75, 3.05) is 6.54 Å². The fourth-order valence-electron chi connectivity index (χ4n) is 1.06. The molecule has 0 spiro atoms. The molecule has 74 valence electrons. The molecule has 1 N–H and O–H groups in total. The lowest BCUT2D eigenvalue weighted by atomic mass is 10.3. The molecule has 0 aliphatic rings. The molecule has 0 fully saturated rings. The summed E-state index contributed by atoms with van der Waals surface area (Å²) >= 11 is 3.38. The Hall–Kier alpha value is -0.350. The maximum absolute atomic E-state index is 4.22. The minimum absolute atomic E-state index is 0.397. The molecule has 0 bridgehead atoms. The van der Waals surface area contributed by atoms with Crippen LogP contribution in [0.25, 0.3) is 0 Å². The van der Waals surface area contributed by atoms with Gasteiger partial charge in [0.15, 0.2) is 0 Å². The fraction of sp³-hybridized carbons (Fsp3) is 0.667. The molecule has 1 atom stereocenters. The summed E-state index contributed by atoms with van der Waals surface area (Å²) in [7, 11) is 0. The van der Waals surface area contributed by atoms with Crippen molar-refractivity contribution in [1.29, 1.82) is 0 Å². The summed E-state index contributed by atoms with van der Waals surface area (Å²) in [6, 6.07) is 0.926. The third-order valence-electron chi connectivity index (χ3n) is 1.84. The molecule has 1 rings (SSSR count). The lowest BCUT2D eigenvalue weighted by Gasteiger charge is -2.14. The van der Waals surface area contributed by atoms with Gasteiger partial charge in [-0.15, -0.1) is 0 Å². The van der Waals surface area contributed by atoms with E-state index in [0.717, 1.165) is 11.0 Å². The van der Waals surface area contributed by atoms with Gasteiger partial charge in [-0.3, -0.25) is 4.68 Å². The van der Waals surface area contributed by atoms with E-state index >= 15 is 0 Å². The van der Waals surface area contributed by atoms with Crippen LogP contribution >= 0.6 is 15.9 Å². The second kappa shape index (κ2) is 4.77. The lowest BCUT2D eigenvalue weighted by molar-refractivity contribution is 0.433. The van der Waals surface area contributed by atoms with E-state index in [9.17, 15) is 0 Å². The molecule has 4 heteroatoms. The van der Waals surface area contributed by atoms with Gasteiger partial charge in [0.1, 0.15) is 0 Å². The Kier molecular flexibility index (Phi) is 3.93. The lowest BCUT2D eigenvalue weighted by Crippen LogP contribution is -2.29. The van der Waals surface area contributed by atoms with Crippen molar-refractivity contribution in [3.05, 3.63) is 16.9 Å². The van der Waals surface area contributed by atoms with E-state index in [2.05, 4.69) is 47.1 Å². The van der Waals surface area contributed by atoms with Crippen molar-refractivity contribution >= 4 is 15.9 Å². The van der Waals surface area contributed by atoms with Crippen molar-refractivity contribution < 1.29 is 0 Å². The van der Waals surface area contributed by atoms with Crippen LogP contribution in [0, 0.1) is 0 Å². The van der Waals surface area contributed by atoms with Gasteiger partial charge in [-0.2, -0.15) is 5.10 Å². The van der Waals surface area contributed by atoms with Crippen molar-refractivity contribution in [2.24, 2.45) is 0 Å². The zero-order chi connectivity index (χ0) is 9.84. The Morgan fingerprint density at radius 2 is 2.23 bits per heavy atom. The monoisotopic (exact) mass is 245 g/mol. The first kappa shape index (κ1) is 10.7. The molecule has 13 heavy (non-hydrogen) atoms. The Balaban J connectivity index is 2.44. The van der Waals surface area contributed by atoms with Crippen LogP contribution in [0.2, 0.25) is 0 Å². The molecule has 1 heterocycles. The highest BCUT2D eigenvalue weighted by Crippen LogP contribution is 2.10. The maximum Gasteiger partial charge on any atom is 0.0632 e. The number of hydrogen-bond acceptors (Lipinski definition) is 2. The summed E-state index contributed by atoms with van der Waals surface area (Å²) in [5, 5.41) is 7.60. The van der Waals surface area contributed by atoms with Gasteiger partial charge in [-0.1, -0.05) is 13.8 Å². The first-order chi connectivity index (χ1) is 6.09. The third-order valence-corrected chi connectivity index (χ3v) is 2.25. The van der Waals surface area contributed by atoms with E-state index in [1.165, 1.54) is 0 Å². The third kappa shape index (κ3) is 3.48. The van der Waals surface area contributed by atoms with E-state index in [-0.39, 0.29) is 0 Å². The molecule has 0 radical (unpaired) electrons. The first-order valence-corrected chi connectivity index (χ1v) is 5.32. The molecule has 3 nitrogen and oxygen atoms in total. The molecule has 0 saturated heterocycles. The van der Waals surface area contributed by atoms with Crippen LogP contribution in [0.4, 0.5) is 0 Å². The van der Waals surface area contributed by atoms with Gasteiger partial charge in [-0.25, -0.2) is 0 Å². The molecular weight excluding hydrogens is 230 g/mol. The van der Waals surface area contributed by atoms with E-state index in [0.29, 0.717) is 12.1 Å². The standard InChI is InChI=1S/C9H16BrN3/c1-7(2)11-4-8(3)13-6-9(10)5-12-13/h5-8,11H,4H2,1-3H3. The zero-order valence-corrected chi connectivity index (χ0v) is 9.87. The summed E-state index contributed by atoms with van der Waals surface area (Å²) in [6.07, 6.45) is 3.80. The highest BCUT2D eigenvalue weighted by atomic mass is 79.9. The highest BCUT2D eigenvalue weighted by molar-refractivity contribution is 9.10. The summed E-state index contributed by atoms with van der Waals surface area (Å²) in [5.41, 5.74) is 0. The smallest absolute Gasteiger partial charge is 0.0632 e. The molecule has 0 aliphatic carbocycles. The molecule has 1 unspecified atom stereocenters. The van der Waals surface area contributed by atoms with Gasteiger partial charge < -0.3 is 5.32 Å². The van der Waals surface area contributed by atoms with Crippen molar-refractivity contribution in [1.82, 2.24) is 15.1 Å². The van der Waals surface area contributed by atoms with Gasteiger partial charge in [-0.05, 0) is 22.9 Å². The van der Waals surface area contributed by atoms with Crippen LogP contribution in [0.5, 0.6) is 0 Å². The number of hydrogen-bond donors (Lipinski definition) is 1. The van der Waals surface area contributed by atoms with E-state index in [1.807, 2.05) is 17.1 Å². The van der Waals surface area contributed by atoms with E-state index in [4.69, 9.17) is 0 Å². The largest absolute Gasteiger partial charge is 0.312 e. The quantitative estimate of drug-likeness (QED) is 0.882. The molecule has 0 saturated carbocycles. The molecule has 0 aliphatic heterocycles. The number of nitrogens with zero attached hydrogens (tertiary/aromatic N) is 2. The summed E-state index contributed by atoms with van der Waals surface area (Å²) < 4.78 is 2.99. The topological polar surface area (TPSA) is 29.9 Å². The predicted molar refractivity (Wildman–Crippen MR) is 57.8 cm³/mol. The molecule has 0 aromatic carbocycles. The average Bonchev–Trinajstić information content (AvgIpc) is 2.47. The minimum Gasteiger partial charge on any atom is -0.312 e. The second-order valence-corrected chi connectivity index (χ2v) is 4.47. The van der Waals surface area contributed by atoms with Crippen LogP contribution in [0.1, 0.15) is 26.8 Å². The van der Waals surface area contributed by atoms with Gasteiger partial charge in [0.25, 0.3) is 0 Å². The Morgan fingerprint density at radius 3 is 2.69 bits per heavy atom. The normalized spacial score (nSPS) is 13.6. The summed E-state index contributed by atoms with van der Waals surface area (Å²) in [5.74, 6) is 0. The van der Waals surface area contributed by atoms with Gasteiger partial charge in [0.05, 0.1) is 16.7 Å². The molecular formula is C9H16BrN3. The van der Waals surface area contributed by atoms with Crippen LogP contribution in [-0.4, -0.2) is 22.4 Å². The van der Waals surface area contributed by atoms with Gasteiger partial charge >= 0.3 is 0 Å². The first-order valence-electron chi connectivity index (χ1n) is 4.52. The number of nitrogens with one attached hydrogen (secondary N) is 1. The molecule has 1 aromatic rings. The Morgan fingerprint density at radius 1 is 1.54 bits per heavy atom. The maximum atomic E-state index is 4.22. The number of halogens is 1. The predicted octanol–water partition coefficient (Wildman–Crippen LogP) is 2.20. The van der Waals surface area contributed by atoms with Crippen LogP contribution in [0.15, 0.2) is 16.9 Å². The minimum atomic E-state index is 0.397. The highest BCUT2D eigenvalue weighted by Gasteiger charge is 2.05. The zero-order valence-electron chi connectivity index (χ0n) is 8.29. The summed E-state index contributed by atoms with van der Waals surface area (Å²) in [4.78, 5) is 0. The number of rotatable bonds is 4. The van der Waals surface area contributed by atoms with Crippen LogP contribution in [0.3, 0.4) is 0 Å². The summed E-state index contributed by atoms with van der Waals surface area (Å²) in [6.45, 7) is 7.39. The SMILES string of the molecule is CC(C)NCC(C)n1cc(Br)cn1. The molecule has 1 aromatic heterocycles. The Labute approximate surface area is 87.6 Å². The van der Waals surface area contributed by atoms with Crippen molar-refractivity contribution in [2.45, 2.75) is 32.9 Å². The Bertz CT molecular complexity index is 257. The van der Waals surface area contributed by atoms with Gasteiger partial charge in [0.2, 0.25) is 0 Å². The van der Waals surface area contributed by atoms with Crippen LogP contribution < -0.4 is 5.32 Å².